The van der Waals surface area contributed by atoms with Gasteiger partial charge in [-0.25, -0.2) is 0 Å². The van der Waals surface area contributed by atoms with E-state index < -0.39 is 0 Å². The van der Waals surface area contributed by atoms with E-state index in [2.05, 4.69) is 26.1 Å². The van der Waals surface area contributed by atoms with Crippen molar-refractivity contribution in [2.75, 3.05) is 13.2 Å². The van der Waals surface area contributed by atoms with Crippen LogP contribution in [0.1, 0.15) is 34.1 Å². The fourth-order valence-corrected chi connectivity index (χ4v) is 1.18. The van der Waals surface area contributed by atoms with Crippen molar-refractivity contribution >= 4 is 5.91 Å². The number of hydrogen-bond donors (Lipinski definition) is 1. The SMILES string of the molecule is CCOCC(=O)NC(CC)C(C)C. The molecule has 0 spiro atoms. The Labute approximate surface area is 80.8 Å². The Kier molecular flexibility index (Phi) is 6.59. The van der Waals surface area contributed by atoms with E-state index in [1.54, 1.807) is 0 Å². The number of rotatable bonds is 6. The molecule has 13 heavy (non-hydrogen) atoms. The number of nitrogens with one attached hydrogen (secondary N) is 1. The first-order valence-corrected chi connectivity index (χ1v) is 4.98. The molecule has 0 fully saturated rings. The van der Waals surface area contributed by atoms with E-state index in [0.29, 0.717) is 12.5 Å². The molecule has 0 radical (unpaired) electrons. The van der Waals surface area contributed by atoms with Crippen molar-refractivity contribution in [3.63, 3.8) is 0 Å². The summed E-state index contributed by atoms with van der Waals surface area (Å²) in [4.78, 5) is 11.2. The Balaban J connectivity index is 3.73. The van der Waals surface area contributed by atoms with Gasteiger partial charge in [-0.05, 0) is 19.3 Å². The number of carbonyl (C=O) groups excluding carboxylic acids is 1. The highest BCUT2D eigenvalue weighted by molar-refractivity contribution is 5.77. The van der Waals surface area contributed by atoms with Crippen molar-refractivity contribution in [2.24, 2.45) is 5.92 Å². The first kappa shape index (κ1) is 12.4. The lowest BCUT2D eigenvalue weighted by Crippen LogP contribution is -2.40. The molecule has 0 saturated heterocycles. The molecule has 1 unspecified atom stereocenters. The number of amides is 1. The van der Waals surface area contributed by atoms with Gasteiger partial charge in [0.05, 0.1) is 0 Å². The van der Waals surface area contributed by atoms with Gasteiger partial charge in [-0.3, -0.25) is 4.79 Å². The molecule has 0 aromatic rings. The summed E-state index contributed by atoms with van der Waals surface area (Å²) in [6.45, 7) is 8.94. The molecule has 0 aliphatic carbocycles. The molecule has 1 atom stereocenters. The van der Waals surface area contributed by atoms with Gasteiger partial charge in [0.2, 0.25) is 5.91 Å². The summed E-state index contributed by atoms with van der Waals surface area (Å²) in [5.74, 6) is 0.470. The van der Waals surface area contributed by atoms with Crippen LogP contribution in [0.3, 0.4) is 0 Å². The van der Waals surface area contributed by atoms with Crippen LogP contribution in [0.4, 0.5) is 0 Å². The van der Waals surface area contributed by atoms with Crippen LogP contribution in [0.25, 0.3) is 0 Å². The molecule has 1 N–H and O–H groups in total. The van der Waals surface area contributed by atoms with Gasteiger partial charge in [0.15, 0.2) is 0 Å². The molecule has 0 saturated carbocycles. The molecule has 0 aromatic carbocycles. The summed E-state index contributed by atoms with van der Waals surface area (Å²) in [6, 6.07) is 0.271. The second-order valence-corrected chi connectivity index (χ2v) is 3.46. The summed E-state index contributed by atoms with van der Waals surface area (Å²) < 4.78 is 5.01. The summed E-state index contributed by atoms with van der Waals surface area (Å²) in [6.07, 6.45) is 0.968. The molecule has 0 aliphatic rings. The lowest BCUT2D eigenvalue weighted by Gasteiger charge is -2.20. The third-order valence-corrected chi connectivity index (χ3v) is 2.03. The van der Waals surface area contributed by atoms with Crippen molar-refractivity contribution < 1.29 is 9.53 Å². The Morgan fingerprint density at radius 1 is 1.38 bits per heavy atom. The average Bonchev–Trinajstić information content (AvgIpc) is 2.10. The highest BCUT2D eigenvalue weighted by Gasteiger charge is 2.13. The maximum atomic E-state index is 11.2. The maximum absolute atomic E-state index is 11.2. The quantitative estimate of drug-likeness (QED) is 0.685. The standard InChI is InChI=1S/C10H21NO2/c1-5-9(8(3)4)11-10(12)7-13-6-2/h8-9H,5-7H2,1-4H3,(H,11,12). The van der Waals surface area contributed by atoms with Crippen LogP contribution in [0.5, 0.6) is 0 Å². The van der Waals surface area contributed by atoms with E-state index in [9.17, 15) is 4.79 Å². The largest absolute Gasteiger partial charge is 0.372 e. The summed E-state index contributed by atoms with van der Waals surface area (Å²) in [5, 5.41) is 2.94. The van der Waals surface area contributed by atoms with Crippen LogP contribution in [0, 0.1) is 5.92 Å². The molecule has 0 heterocycles. The molecule has 3 nitrogen and oxygen atoms in total. The van der Waals surface area contributed by atoms with E-state index in [1.807, 2.05) is 6.92 Å². The number of hydrogen-bond acceptors (Lipinski definition) is 2. The topological polar surface area (TPSA) is 38.3 Å². The third kappa shape index (κ3) is 5.64. The van der Waals surface area contributed by atoms with Gasteiger partial charge >= 0.3 is 0 Å². The highest BCUT2D eigenvalue weighted by atomic mass is 16.5. The zero-order chi connectivity index (χ0) is 10.3. The Morgan fingerprint density at radius 2 is 2.00 bits per heavy atom. The first-order valence-electron chi connectivity index (χ1n) is 4.98. The predicted molar refractivity (Wildman–Crippen MR) is 53.6 cm³/mol. The Morgan fingerprint density at radius 3 is 2.38 bits per heavy atom. The lowest BCUT2D eigenvalue weighted by molar-refractivity contribution is -0.126. The molecule has 0 aromatic heterocycles. The monoisotopic (exact) mass is 187 g/mol. The van der Waals surface area contributed by atoms with Gasteiger partial charge in [-0.2, -0.15) is 0 Å². The summed E-state index contributed by atoms with van der Waals surface area (Å²) in [5.41, 5.74) is 0. The smallest absolute Gasteiger partial charge is 0.246 e. The number of carbonyl (C=O) groups is 1. The minimum atomic E-state index is -0.0117. The minimum Gasteiger partial charge on any atom is -0.372 e. The van der Waals surface area contributed by atoms with Crippen molar-refractivity contribution in [2.45, 2.75) is 40.2 Å². The maximum Gasteiger partial charge on any atom is 0.246 e. The van der Waals surface area contributed by atoms with Crippen molar-refractivity contribution in [1.29, 1.82) is 0 Å². The van der Waals surface area contributed by atoms with Gasteiger partial charge in [-0.1, -0.05) is 20.8 Å². The van der Waals surface area contributed by atoms with E-state index in [0.717, 1.165) is 6.42 Å². The van der Waals surface area contributed by atoms with Crippen molar-refractivity contribution in [3.05, 3.63) is 0 Å². The van der Waals surface area contributed by atoms with E-state index in [4.69, 9.17) is 4.74 Å². The van der Waals surface area contributed by atoms with E-state index >= 15 is 0 Å². The molecular formula is C10H21NO2. The van der Waals surface area contributed by atoms with Crippen LogP contribution in [0.15, 0.2) is 0 Å². The minimum absolute atomic E-state index is 0.0117. The Hall–Kier alpha value is -0.570. The fourth-order valence-electron chi connectivity index (χ4n) is 1.18. The third-order valence-electron chi connectivity index (χ3n) is 2.03. The zero-order valence-corrected chi connectivity index (χ0v) is 9.09. The van der Waals surface area contributed by atoms with Crippen LogP contribution in [0.2, 0.25) is 0 Å². The van der Waals surface area contributed by atoms with Crippen molar-refractivity contribution in [3.8, 4) is 0 Å². The Bertz CT molecular complexity index is 146. The predicted octanol–water partition coefficient (Wildman–Crippen LogP) is 1.57. The molecular weight excluding hydrogens is 166 g/mol. The summed E-state index contributed by atoms with van der Waals surface area (Å²) in [7, 11) is 0. The average molecular weight is 187 g/mol. The molecule has 0 aliphatic heterocycles. The van der Waals surface area contributed by atoms with Gasteiger partial charge in [-0.15, -0.1) is 0 Å². The van der Waals surface area contributed by atoms with E-state index in [1.165, 1.54) is 0 Å². The molecule has 3 heteroatoms. The van der Waals surface area contributed by atoms with Gasteiger partial charge < -0.3 is 10.1 Å². The highest BCUT2D eigenvalue weighted by Crippen LogP contribution is 2.04. The fraction of sp³-hybridized carbons (Fsp3) is 0.900. The van der Waals surface area contributed by atoms with Gasteiger partial charge in [0.25, 0.3) is 0 Å². The van der Waals surface area contributed by atoms with Crippen molar-refractivity contribution in [1.82, 2.24) is 5.32 Å². The summed E-state index contributed by atoms with van der Waals surface area (Å²) >= 11 is 0. The van der Waals surface area contributed by atoms with Gasteiger partial charge in [0.1, 0.15) is 6.61 Å². The normalized spacial score (nSPS) is 13.0. The second-order valence-electron chi connectivity index (χ2n) is 3.46. The second kappa shape index (κ2) is 6.89. The van der Waals surface area contributed by atoms with Crippen LogP contribution < -0.4 is 5.32 Å². The first-order chi connectivity index (χ1) is 6.11. The number of ether oxygens (including phenoxy) is 1. The molecule has 0 rings (SSSR count). The molecule has 78 valence electrons. The van der Waals surface area contributed by atoms with Gasteiger partial charge in [0, 0.05) is 12.6 Å². The van der Waals surface area contributed by atoms with Crippen LogP contribution >= 0.6 is 0 Å². The molecule has 1 amide bonds. The molecule has 0 bridgehead atoms. The zero-order valence-electron chi connectivity index (χ0n) is 9.09. The van der Waals surface area contributed by atoms with E-state index in [-0.39, 0.29) is 18.6 Å². The van der Waals surface area contributed by atoms with Crippen LogP contribution in [-0.2, 0) is 9.53 Å². The van der Waals surface area contributed by atoms with Crippen LogP contribution in [-0.4, -0.2) is 25.2 Å². The lowest BCUT2D eigenvalue weighted by atomic mass is 10.0.